The van der Waals surface area contributed by atoms with E-state index in [1.807, 2.05) is 0 Å². The van der Waals surface area contributed by atoms with Gasteiger partial charge in [-0.3, -0.25) is 9.59 Å². The van der Waals surface area contributed by atoms with Crippen LogP contribution in [0.4, 0.5) is 9.59 Å². The van der Waals surface area contributed by atoms with Crippen LogP contribution >= 0.6 is 0 Å². The smallest absolute Gasteiger partial charge is 0.466 e. The molecule has 2 atom stereocenters. The van der Waals surface area contributed by atoms with Crippen LogP contribution in [0, 0.1) is 0 Å². The first-order valence-corrected chi connectivity index (χ1v) is 12.0. The average Bonchev–Trinajstić information content (AvgIpc) is 2.80. The molecule has 0 radical (unpaired) electrons. The van der Waals surface area contributed by atoms with Gasteiger partial charge in [0, 0.05) is 12.8 Å². The highest BCUT2D eigenvalue weighted by molar-refractivity contribution is 5.72. The number of aliphatic hydroxyl groups excluding tert-OH is 2. The van der Waals surface area contributed by atoms with Gasteiger partial charge in [0.1, 0.15) is 13.2 Å². The second kappa shape index (κ2) is 21.9. The summed E-state index contributed by atoms with van der Waals surface area (Å²) in [6.45, 7) is 3.57. The number of carbonyl (C=O) groups is 4. The summed E-state index contributed by atoms with van der Waals surface area (Å²) in [7, 11) is 0. The predicted molar refractivity (Wildman–Crippen MR) is 121 cm³/mol. The van der Waals surface area contributed by atoms with Gasteiger partial charge >= 0.3 is 24.2 Å². The van der Waals surface area contributed by atoms with E-state index < -0.39 is 30.5 Å². The van der Waals surface area contributed by atoms with Crippen molar-refractivity contribution in [2.45, 2.75) is 83.8 Å². The lowest BCUT2D eigenvalue weighted by Crippen LogP contribution is -2.16. The van der Waals surface area contributed by atoms with E-state index >= 15 is 0 Å². The summed E-state index contributed by atoms with van der Waals surface area (Å²) in [5.41, 5.74) is 0. The maximum absolute atomic E-state index is 11.7. The molecule has 0 aromatic carbocycles. The Labute approximate surface area is 206 Å². The van der Waals surface area contributed by atoms with E-state index in [1.165, 1.54) is 13.8 Å². The zero-order valence-electron chi connectivity index (χ0n) is 20.7. The summed E-state index contributed by atoms with van der Waals surface area (Å²) >= 11 is 0. The lowest BCUT2D eigenvalue weighted by atomic mass is 10.2. The number of ether oxygens (including phenoxy) is 6. The molecule has 0 amide bonds. The molecule has 0 saturated carbocycles. The van der Waals surface area contributed by atoms with Gasteiger partial charge in [-0.2, -0.15) is 0 Å². The highest BCUT2D eigenvalue weighted by atomic mass is 16.7. The van der Waals surface area contributed by atoms with E-state index in [4.69, 9.17) is 29.2 Å². The number of aliphatic hydroxyl groups is 2. The molecule has 0 spiro atoms. The van der Waals surface area contributed by atoms with Gasteiger partial charge in [-0.05, 0) is 58.8 Å². The summed E-state index contributed by atoms with van der Waals surface area (Å²) in [5, 5.41) is 18.0. The summed E-state index contributed by atoms with van der Waals surface area (Å²) in [5.74, 6) is -0.784. The standard InChI is InChI=1S/C23H40O12/c1-18(24)16-34-22(28)32-14-6-4-3-5-12-30-20(26)10-9-11-21(27)31-13-7-8-15-33-23(29)35-17-19(2)25/h18-19,24-25H,3-17H2,1-2H3. The number of unbranched alkanes of at least 4 members (excludes halogenated alkanes) is 4. The van der Waals surface area contributed by atoms with Crippen molar-refractivity contribution in [2.75, 3.05) is 39.6 Å². The molecule has 0 heterocycles. The first-order valence-electron chi connectivity index (χ1n) is 12.0. The maximum atomic E-state index is 11.7. The molecule has 0 aliphatic heterocycles. The quantitative estimate of drug-likeness (QED) is 0.140. The van der Waals surface area contributed by atoms with Crippen molar-refractivity contribution >= 4 is 24.2 Å². The summed E-state index contributed by atoms with van der Waals surface area (Å²) in [6.07, 6.45) is 1.37. The molecule has 0 rings (SSSR count). The third kappa shape index (κ3) is 24.3. The second-order valence-corrected chi connectivity index (χ2v) is 7.93. The Hall–Kier alpha value is -2.60. The Kier molecular flexibility index (Phi) is 20.3. The Morgan fingerprint density at radius 1 is 0.514 bits per heavy atom. The van der Waals surface area contributed by atoms with Crippen molar-refractivity contribution in [2.24, 2.45) is 0 Å². The molecule has 2 N–H and O–H groups in total. The Bertz CT molecular complexity index is 591. The predicted octanol–water partition coefficient (Wildman–Crippen LogP) is 2.65. The van der Waals surface area contributed by atoms with Crippen LogP contribution in [-0.2, 0) is 38.0 Å². The van der Waals surface area contributed by atoms with Gasteiger partial charge in [-0.25, -0.2) is 9.59 Å². The van der Waals surface area contributed by atoms with Crippen LogP contribution < -0.4 is 0 Å². The fraction of sp³-hybridized carbons (Fsp3) is 0.826. The molecule has 0 fully saturated rings. The van der Waals surface area contributed by atoms with Crippen molar-refractivity contribution in [1.82, 2.24) is 0 Å². The van der Waals surface area contributed by atoms with Gasteiger partial charge in [0.05, 0.1) is 38.6 Å². The zero-order valence-corrected chi connectivity index (χ0v) is 20.7. The van der Waals surface area contributed by atoms with Crippen LogP contribution in [-0.4, -0.2) is 86.3 Å². The molecule has 0 aromatic heterocycles. The van der Waals surface area contributed by atoms with E-state index in [9.17, 15) is 19.2 Å². The zero-order chi connectivity index (χ0) is 26.3. The van der Waals surface area contributed by atoms with Gasteiger partial charge in [0.15, 0.2) is 0 Å². The van der Waals surface area contributed by atoms with Crippen molar-refractivity contribution in [3.05, 3.63) is 0 Å². The number of hydrogen-bond acceptors (Lipinski definition) is 12. The third-order valence-electron chi connectivity index (χ3n) is 4.19. The Morgan fingerprint density at radius 3 is 1.23 bits per heavy atom. The topological polar surface area (TPSA) is 164 Å². The molecule has 12 heteroatoms. The minimum absolute atomic E-state index is 0.102. The van der Waals surface area contributed by atoms with Crippen LogP contribution in [0.25, 0.3) is 0 Å². The van der Waals surface area contributed by atoms with E-state index in [-0.39, 0.29) is 58.5 Å². The summed E-state index contributed by atoms with van der Waals surface area (Å²) < 4.78 is 29.1. The highest BCUT2D eigenvalue weighted by Crippen LogP contribution is 2.05. The highest BCUT2D eigenvalue weighted by Gasteiger charge is 2.09. The van der Waals surface area contributed by atoms with Crippen molar-refractivity contribution in [3.8, 4) is 0 Å². The third-order valence-corrected chi connectivity index (χ3v) is 4.19. The van der Waals surface area contributed by atoms with Crippen LogP contribution in [0.15, 0.2) is 0 Å². The monoisotopic (exact) mass is 508 g/mol. The largest absolute Gasteiger partial charge is 0.508 e. The first-order chi connectivity index (χ1) is 16.7. The van der Waals surface area contributed by atoms with E-state index in [0.717, 1.165) is 12.8 Å². The lowest BCUT2D eigenvalue weighted by Gasteiger charge is -2.08. The molecular formula is C23H40O12. The van der Waals surface area contributed by atoms with Gasteiger partial charge in [0.25, 0.3) is 0 Å². The Morgan fingerprint density at radius 2 is 0.857 bits per heavy atom. The van der Waals surface area contributed by atoms with E-state index in [1.54, 1.807) is 0 Å². The minimum atomic E-state index is -0.853. The number of rotatable bonds is 20. The maximum Gasteiger partial charge on any atom is 0.508 e. The van der Waals surface area contributed by atoms with Gasteiger partial charge < -0.3 is 38.6 Å². The van der Waals surface area contributed by atoms with E-state index in [2.05, 4.69) is 9.47 Å². The lowest BCUT2D eigenvalue weighted by molar-refractivity contribution is -0.145. The molecule has 0 saturated heterocycles. The summed E-state index contributed by atoms with van der Waals surface area (Å²) in [6, 6.07) is 0. The van der Waals surface area contributed by atoms with Crippen molar-refractivity contribution in [3.63, 3.8) is 0 Å². The number of hydrogen-bond donors (Lipinski definition) is 2. The van der Waals surface area contributed by atoms with Crippen LogP contribution in [0.5, 0.6) is 0 Å². The van der Waals surface area contributed by atoms with Crippen molar-refractivity contribution < 1.29 is 57.8 Å². The summed E-state index contributed by atoms with van der Waals surface area (Å²) in [4.78, 5) is 45.7. The normalized spacial score (nSPS) is 12.2. The van der Waals surface area contributed by atoms with Gasteiger partial charge in [0.2, 0.25) is 0 Å². The molecule has 0 aromatic rings. The molecule has 0 bridgehead atoms. The van der Waals surface area contributed by atoms with E-state index in [0.29, 0.717) is 32.1 Å². The van der Waals surface area contributed by atoms with Crippen molar-refractivity contribution in [1.29, 1.82) is 0 Å². The number of esters is 2. The number of carbonyl (C=O) groups excluding carboxylic acids is 4. The molecule has 0 aliphatic rings. The van der Waals surface area contributed by atoms with Crippen LogP contribution in [0.1, 0.15) is 71.6 Å². The SMILES string of the molecule is CC(O)COC(=O)OCCCCCCOC(=O)CCCC(=O)OCCCCOC(=O)OCC(C)O. The molecule has 2 unspecified atom stereocenters. The fourth-order valence-corrected chi connectivity index (χ4v) is 2.43. The molecule has 204 valence electrons. The molecular weight excluding hydrogens is 468 g/mol. The molecule has 0 aliphatic carbocycles. The average molecular weight is 509 g/mol. The Balaban J connectivity index is 3.46. The first kappa shape index (κ1) is 32.4. The minimum Gasteiger partial charge on any atom is -0.466 e. The van der Waals surface area contributed by atoms with Crippen LogP contribution in [0.2, 0.25) is 0 Å². The molecule has 35 heavy (non-hydrogen) atoms. The fourth-order valence-electron chi connectivity index (χ4n) is 2.43. The van der Waals surface area contributed by atoms with Gasteiger partial charge in [-0.15, -0.1) is 0 Å². The van der Waals surface area contributed by atoms with Gasteiger partial charge in [-0.1, -0.05) is 0 Å². The second-order valence-electron chi connectivity index (χ2n) is 7.93. The molecule has 12 nitrogen and oxygen atoms in total. The van der Waals surface area contributed by atoms with Crippen LogP contribution in [0.3, 0.4) is 0 Å².